The van der Waals surface area contributed by atoms with Gasteiger partial charge in [-0.25, -0.2) is 4.99 Å². The lowest BCUT2D eigenvalue weighted by molar-refractivity contribution is -0.128. The fourth-order valence-corrected chi connectivity index (χ4v) is 3.91. The molecular formula is C20H21N3O3S. The van der Waals surface area contributed by atoms with Crippen LogP contribution in [-0.2, 0) is 9.59 Å². The van der Waals surface area contributed by atoms with Gasteiger partial charge in [-0.2, -0.15) is 0 Å². The topological polar surface area (TPSA) is 71.0 Å². The van der Waals surface area contributed by atoms with Crippen LogP contribution in [0.15, 0.2) is 59.6 Å². The third kappa shape index (κ3) is 4.68. The Balaban J connectivity index is 1.66. The van der Waals surface area contributed by atoms with Gasteiger partial charge < -0.3 is 10.1 Å². The van der Waals surface area contributed by atoms with Crippen LogP contribution in [-0.4, -0.2) is 40.8 Å². The normalized spacial score (nSPS) is 18.0. The first-order valence-electron chi connectivity index (χ1n) is 8.66. The van der Waals surface area contributed by atoms with E-state index in [1.165, 1.54) is 11.8 Å². The lowest BCUT2D eigenvalue weighted by Gasteiger charge is -2.13. The number of hydrogen-bond donors (Lipinski definition) is 1. The van der Waals surface area contributed by atoms with E-state index in [4.69, 9.17) is 4.74 Å². The number of rotatable bonds is 6. The number of amides is 2. The number of methoxy groups -OCH3 is 1. The molecule has 6 nitrogen and oxygen atoms in total. The van der Waals surface area contributed by atoms with Gasteiger partial charge in [0.05, 0.1) is 12.8 Å². The number of nitrogens with zero attached hydrogens (tertiary/aromatic N) is 2. The van der Waals surface area contributed by atoms with Gasteiger partial charge in [0.15, 0.2) is 5.17 Å². The van der Waals surface area contributed by atoms with E-state index >= 15 is 0 Å². The molecule has 2 aromatic rings. The Bertz CT molecular complexity index is 837. The summed E-state index contributed by atoms with van der Waals surface area (Å²) in [6.45, 7) is 2.42. The van der Waals surface area contributed by atoms with Crippen LogP contribution in [0.2, 0.25) is 0 Å². The molecule has 2 amide bonds. The molecule has 7 heteroatoms. The van der Waals surface area contributed by atoms with Crippen molar-refractivity contribution < 1.29 is 14.3 Å². The van der Waals surface area contributed by atoms with Crippen LogP contribution in [0.5, 0.6) is 5.75 Å². The van der Waals surface area contributed by atoms with E-state index in [9.17, 15) is 9.59 Å². The van der Waals surface area contributed by atoms with Crippen LogP contribution >= 0.6 is 11.8 Å². The second kappa shape index (κ2) is 8.73. The smallest absolute Gasteiger partial charge is 0.242 e. The highest BCUT2D eigenvalue weighted by molar-refractivity contribution is 8.15. The number of amidine groups is 1. The van der Waals surface area contributed by atoms with Gasteiger partial charge in [-0.05, 0) is 43.3 Å². The molecule has 0 radical (unpaired) electrons. The van der Waals surface area contributed by atoms with Crippen LogP contribution in [0.25, 0.3) is 0 Å². The molecule has 0 bridgehead atoms. The van der Waals surface area contributed by atoms with E-state index < -0.39 is 5.25 Å². The van der Waals surface area contributed by atoms with E-state index in [-0.39, 0.29) is 18.2 Å². The first kappa shape index (κ1) is 19.0. The molecule has 1 unspecified atom stereocenters. The van der Waals surface area contributed by atoms with Gasteiger partial charge in [0.2, 0.25) is 11.8 Å². The lowest BCUT2D eigenvalue weighted by atomic mass is 10.2. The Labute approximate surface area is 162 Å². The van der Waals surface area contributed by atoms with Crippen LogP contribution in [0.1, 0.15) is 13.3 Å². The Hall–Kier alpha value is -2.80. The second-order valence-electron chi connectivity index (χ2n) is 5.90. The van der Waals surface area contributed by atoms with E-state index in [2.05, 4.69) is 10.3 Å². The maximum Gasteiger partial charge on any atom is 0.242 e. The highest BCUT2D eigenvalue weighted by Crippen LogP contribution is 2.31. The summed E-state index contributed by atoms with van der Waals surface area (Å²) >= 11 is 1.34. The summed E-state index contributed by atoms with van der Waals surface area (Å²) in [7, 11) is 1.59. The lowest BCUT2D eigenvalue weighted by Crippen LogP contribution is -2.33. The van der Waals surface area contributed by atoms with E-state index in [0.717, 1.165) is 11.4 Å². The number of carbonyl (C=O) groups is 2. The Morgan fingerprint density at radius 3 is 2.52 bits per heavy atom. The highest BCUT2D eigenvalue weighted by Gasteiger charge is 2.38. The molecule has 1 aliphatic heterocycles. The minimum absolute atomic E-state index is 0.0814. The molecule has 0 spiro atoms. The average Bonchev–Trinajstić information content (AvgIpc) is 2.97. The zero-order valence-electron chi connectivity index (χ0n) is 15.2. The number of ether oxygens (including phenoxy) is 1. The summed E-state index contributed by atoms with van der Waals surface area (Å²) in [4.78, 5) is 31.2. The first-order valence-corrected chi connectivity index (χ1v) is 9.54. The van der Waals surface area contributed by atoms with Gasteiger partial charge in [-0.3, -0.25) is 14.5 Å². The van der Waals surface area contributed by atoms with E-state index in [1.54, 1.807) is 36.3 Å². The zero-order chi connectivity index (χ0) is 19.2. The van der Waals surface area contributed by atoms with Gasteiger partial charge in [0.25, 0.3) is 0 Å². The summed E-state index contributed by atoms with van der Waals surface area (Å²) < 4.78 is 5.10. The average molecular weight is 383 g/mol. The molecule has 0 aliphatic carbocycles. The molecule has 3 rings (SSSR count). The van der Waals surface area contributed by atoms with Crippen molar-refractivity contribution in [2.45, 2.75) is 18.6 Å². The SMILES string of the molecule is CCN1C(=O)C(CC(=O)Nc2ccc(OC)cc2)SC1=Nc1ccccc1. The third-order valence-corrected chi connectivity index (χ3v) is 5.24. The van der Waals surface area contributed by atoms with Crippen molar-refractivity contribution in [1.29, 1.82) is 0 Å². The number of benzene rings is 2. The van der Waals surface area contributed by atoms with E-state index in [1.807, 2.05) is 37.3 Å². The van der Waals surface area contributed by atoms with Crippen molar-refractivity contribution in [3.05, 3.63) is 54.6 Å². The summed E-state index contributed by atoms with van der Waals surface area (Å²) in [6.07, 6.45) is 0.0971. The van der Waals surface area contributed by atoms with Crippen LogP contribution < -0.4 is 10.1 Å². The largest absolute Gasteiger partial charge is 0.497 e. The maximum atomic E-state index is 12.6. The molecule has 140 valence electrons. The van der Waals surface area contributed by atoms with Crippen LogP contribution in [0, 0.1) is 0 Å². The van der Waals surface area contributed by atoms with Gasteiger partial charge in [0, 0.05) is 18.7 Å². The van der Waals surface area contributed by atoms with Crippen molar-refractivity contribution in [2.24, 2.45) is 4.99 Å². The molecular weight excluding hydrogens is 362 g/mol. The maximum absolute atomic E-state index is 12.6. The molecule has 1 fully saturated rings. The molecule has 0 aromatic heterocycles. The third-order valence-electron chi connectivity index (χ3n) is 4.06. The summed E-state index contributed by atoms with van der Waals surface area (Å²) in [5, 5.41) is 2.99. The number of hydrogen-bond acceptors (Lipinski definition) is 5. The Morgan fingerprint density at radius 1 is 1.19 bits per heavy atom. The molecule has 1 N–H and O–H groups in total. The quantitative estimate of drug-likeness (QED) is 0.826. The number of thioether (sulfide) groups is 1. The fraction of sp³-hybridized carbons (Fsp3) is 0.250. The molecule has 2 aromatic carbocycles. The van der Waals surface area contributed by atoms with E-state index in [0.29, 0.717) is 17.4 Å². The van der Waals surface area contributed by atoms with Crippen LogP contribution in [0.3, 0.4) is 0 Å². The predicted molar refractivity (Wildman–Crippen MR) is 109 cm³/mol. The van der Waals surface area contributed by atoms with Gasteiger partial charge in [-0.15, -0.1) is 0 Å². The van der Waals surface area contributed by atoms with Crippen molar-refractivity contribution in [3.8, 4) is 5.75 Å². The molecule has 1 atom stereocenters. The first-order chi connectivity index (χ1) is 13.1. The fourth-order valence-electron chi connectivity index (χ4n) is 2.68. The van der Waals surface area contributed by atoms with Gasteiger partial charge in [0.1, 0.15) is 11.0 Å². The van der Waals surface area contributed by atoms with Crippen molar-refractivity contribution in [1.82, 2.24) is 4.90 Å². The number of nitrogens with one attached hydrogen (secondary N) is 1. The number of carbonyl (C=O) groups excluding carboxylic acids is 2. The van der Waals surface area contributed by atoms with Gasteiger partial charge >= 0.3 is 0 Å². The van der Waals surface area contributed by atoms with Crippen LogP contribution in [0.4, 0.5) is 11.4 Å². The van der Waals surface area contributed by atoms with Crippen molar-refractivity contribution >= 4 is 40.1 Å². The minimum Gasteiger partial charge on any atom is -0.497 e. The van der Waals surface area contributed by atoms with Crippen molar-refractivity contribution in [2.75, 3.05) is 19.0 Å². The van der Waals surface area contributed by atoms with Gasteiger partial charge in [-0.1, -0.05) is 30.0 Å². The minimum atomic E-state index is -0.467. The molecule has 1 aliphatic rings. The standard InChI is InChI=1S/C20H21N3O3S/c1-3-23-19(25)17(27-20(23)22-14-7-5-4-6-8-14)13-18(24)21-15-9-11-16(26-2)12-10-15/h4-12,17H,3,13H2,1-2H3,(H,21,24). The highest BCUT2D eigenvalue weighted by atomic mass is 32.2. The molecule has 27 heavy (non-hydrogen) atoms. The number of para-hydroxylation sites is 1. The summed E-state index contributed by atoms with van der Waals surface area (Å²) in [5.41, 5.74) is 1.45. The van der Waals surface area contributed by atoms with Crippen molar-refractivity contribution in [3.63, 3.8) is 0 Å². The monoisotopic (exact) mass is 383 g/mol. The summed E-state index contributed by atoms with van der Waals surface area (Å²) in [5.74, 6) is 0.431. The Kier molecular flexibility index (Phi) is 6.13. The summed E-state index contributed by atoms with van der Waals surface area (Å²) in [6, 6.07) is 16.6. The molecule has 1 saturated heterocycles. The number of aliphatic imine (C=N–C) groups is 1. The second-order valence-corrected chi connectivity index (χ2v) is 7.07. The predicted octanol–water partition coefficient (Wildman–Crippen LogP) is 3.68. The Morgan fingerprint density at radius 2 is 1.89 bits per heavy atom. The zero-order valence-corrected chi connectivity index (χ0v) is 16.0. The number of anilines is 1. The molecule has 0 saturated carbocycles. The molecule has 1 heterocycles.